The lowest BCUT2D eigenvalue weighted by Gasteiger charge is -2.32. The van der Waals surface area contributed by atoms with E-state index in [-0.39, 0.29) is 10.6 Å². The molecule has 1 aromatic rings. The standard InChI is InChI=1S/C15H23N3O2/c1-13(17-8-3-2-4-9-17)11-16-12-14-6-5-7-15(10-14)18(19)20/h5-7,10,13,16H,2-4,8-9,11-12H2,1H3. The fourth-order valence-corrected chi connectivity index (χ4v) is 2.69. The second-order valence-electron chi connectivity index (χ2n) is 5.50. The first-order chi connectivity index (χ1) is 9.66. The average Bonchev–Trinajstić information content (AvgIpc) is 2.48. The third-order valence-corrected chi connectivity index (χ3v) is 3.90. The first-order valence-corrected chi connectivity index (χ1v) is 7.35. The topological polar surface area (TPSA) is 58.4 Å². The molecule has 0 amide bonds. The number of piperidine rings is 1. The lowest BCUT2D eigenvalue weighted by atomic mass is 10.1. The summed E-state index contributed by atoms with van der Waals surface area (Å²) < 4.78 is 0. The Bertz CT molecular complexity index is 444. The van der Waals surface area contributed by atoms with Gasteiger partial charge in [0, 0.05) is 31.3 Å². The first-order valence-electron chi connectivity index (χ1n) is 7.35. The highest BCUT2D eigenvalue weighted by atomic mass is 16.6. The van der Waals surface area contributed by atoms with Crippen molar-refractivity contribution in [2.45, 2.75) is 38.8 Å². The maximum atomic E-state index is 10.7. The number of likely N-dealkylation sites (tertiary alicyclic amines) is 1. The van der Waals surface area contributed by atoms with Crippen LogP contribution in [0.2, 0.25) is 0 Å². The largest absolute Gasteiger partial charge is 0.311 e. The zero-order valence-corrected chi connectivity index (χ0v) is 12.0. The lowest BCUT2D eigenvalue weighted by molar-refractivity contribution is -0.384. The maximum absolute atomic E-state index is 10.7. The SMILES string of the molecule is CC(CNCc1cccc([N+](=O)[O-])c1)N1CCCCC1. The molecule has 1 unspecified atom stereocenters. The van der Waals surface area contributed by atoms with E-state index in [2.05, 4.69) is 17.1 Å². The maximum Gasteiger partial charge on any atom is 0.269 e. The van der Waals surface area contributed by atoms with Crippen molar-refractivity contribution in [2.24, 2.45) is 0 Å². The quantitative estimate of drug-likeness (QED) is 0.641. The van der Waals surface area contributed by atoms with Crippen molar-refractivity contribution in [3.63, 3.8) is 0 Å². The van der Waals surface area contributed by atoms with Gasteiger partial charge in [-0.25, -0.2) is 0 Å². The van der Waals surface area contributed by atoms with Gasteiger partial charge in [0.25, 0.3) is 5.69 Å². The molecule has 0 aromatic heterocycles. The number of benzene rings is 1. The van der Waals surface area contributed by atoms with E-state index in [1.165, 1.54) is 38.4 Å². The van der Waals surface area contributed by atoms with Crippen LogP contribution >= 0.6 is 0 Å². The Kier molecular flexibility index (Phi) is 5.49. The van der Waals surface area contributed by atoms with E-state index in [4.69, 9.17) is 0 Å². The van der Waals surface area contributed by atoms with Crippen LogP contribution in [0.4, 0.5) is 5.69 Å². The van der Waals surface area contributed by atoms with E-state index >= 15 is 0 Å². The predicted molar refractivity (Wildman–Crippen MR) is 79.7 cm³/mol. The highest BCUT2D eigenvalue weighted by Crippen LogP contribution is 2.14. The Balaban J connectivity index is 1.77. The van der Waals surface area contributed by atoms with Gasteiger partial charge < -0.3 is 5.32 Å². The molecule has 0 aliphatic carbocycles. The minimum atomic E-state index is -0.347. The predicted octanol–water partition coefficient (Wildman–Crippen LogP) is 2.56. The van der Waals surface area contributed by atoms with Crippen LogP contribution < -0.4 is 5.32 Å². The van der Waals surface area contributed by atoms with Crippen LogP contribution in [0.1, 0.15) is 31.7 Å². The van der Waals surface area contributed by atoms with Gasteiger partial charge >= 0.3 is 0 Å². The van der Waals surface area contributed by atoms with Crippen molar-refractivity contribution in [1.82, 2.24) is 10.2 Å². The van der Waals surface area contributed by atoms with Gasteiger partial charge in [0.05, 0.1) is 4.92 Å². The van der Waals surface area contributed by atoms with E-state index in [9.17, 15) is 10.1 Å². The molecule has 0 bridgehead atoms. The molecule has 1 atom stereocenters. The third-order valence-electron chi connectivity index (χ3n) is 3.90. The average molecular weight is 277 g/mol. The summed E-state index contributed by atoms with van der Waals surface area (Å²) in [5, 5.41) is 14.1. The molecule has 1 N–H and O–H groups in total. The molecule has 1 aromatic carbocycles. The fourth-order valence-electron chi connectivity index (χ4n) is 2.69. The van der Waals surface area contributed by atoms with E-state index in [0.717, 1.165) is 12.1 Å². The number of non-ortho nitro benzene ring substituents is 1. The van der Waals surface area contributed by atoms with Gasteiger partial charge in [0.2, 0.25) is 0 Å². The molecule has 1 aliphatic rings. The number of nitro benzene ring substituents is 1. The lowest BCUT2D eigenvalue weighted by Crippen LogP contribution is -2.42. The van der Waals surface area contributed by atoms with Gasteiger partial charge in [-0.2, -0.15) is 0 Å². The van der Waals surface area contributed by atoms with Gasteiger partial charge in [0.15, 0.2) is 0 Å². The van der Waals surface area contributed by atoms with Gasteiger partial charge in [-0.15, -0.1) is 0 Å². The molecule has 1 saturated heterocycles. The highest BCUT2D eigenvalue weighted by Gasteiger charge is 2.16. The molecule has 1 fully saturated rings. The Morgan fingerprint density at radius 1 is 1.35 bits per heavy atom. The van der Waals surface area contributed by atoms with Crippen molar-refractivity contribution in [1.29, 1.82) is 0 Å². The summed E-state index contributed by atoms with van der Waals surface area (Å²) in [4.78, 5) is 12.9. The number of nitrogens with one attached hydrogen (secondary N) is 1. The fraction of sp³-hybridized carbons (Fsp3) is 0.600. The van der Waals surface area contributed by atoms with Crippen molar-refractivity contribution < 1.29 is 4.92 Å². The number of hydrogen-bond acceptors (Lipinski definition) is 4. The third kappa shape index (κ3) is 4.28. The second kappa shape index (κ2) is 7.36. The molecular weight excluding hydrogens is 254 g/mol. The summed E-state index contributed by atoms with van der Waals surface area (Å²) >= 11 is 0. The smallest absolute Gasteiger partial charge is 0.269 e. The van der Waals surface area contributed by atoms with Gasteiger partial charge in [-0.05, 0) is 38.4 Å². The number of nitrogens with zero attached hydrogens (tertiary/aromatic N) is 2. The summed E-state index contributed by atoms with van der Waals surface area (Å²) in [6, 6.07) is 7.35. The zero-order valence-electron chi connectivity index (χ0n) is 12.0. The molecular formula is C15H23N3O2. The summed E-state index contributed by atoms with van der Waals surface area (Å²) in [6.45, 7) is 6.23. The van der Waals surface area contributed by atoms with Crippen molar-refractivity contribution in [3.8, 4) is 0 Å². The van der Waals surface area contributed by atoms with E-state index < -0.39 is 0 Å². The summed E-state index contributed by atoms with van der Waals surface area (Å²) in [5.41, 5.74) is 1.12. The Morgan fingerprint density at radius 2 is 2.10 bits per heavy atom. The molecule has 0 radical (unpaired) electrons. The molecule has 5 nitrogen and oxygen atoms in total. The Labute approximate surface area is 120 Å². The van der Waals surface area contributed by atoms with E-state index in [0.29, 0.717) is 12.6 Å². The number of hydrogen-bond donors (Lipinski definition) is 1. The zero-order chi connectivity index (χ0) is 14.4. The molecule has 110 valence electrons. The van der Waals surface area contributed by atoms with Crippen molar-refractivity contribution in [2.75, 3.05) is 19.6 Å². The van der Waals surface area contributed by atoms with Crippen LogP contribution in [0.15, 0.2) is 24.3 Å². The summed E-state index contributed by atoms with van der Waals surface area (Å²) in [7, 11) is 0. The van der Waals surface area contributed by atoms with Crippen molar-refractivity contribution >= 4 is 5.69 Å². The monoisotopic (exact) mass is 277 g/mol. The Hall–Kier alpha value is -1.46. The van der Waals surface area contributed by atoms with Crippen LogP contribution in [-0.2, 0) is 6.54 Å². The van der Waals surface area contributed by atoms with Crippen LogP contribution in [0.25, 0.3) is 0 Å². The summed E-state index contributed by atoms with van der Waals surface area (Å²) in [5.74, 6) is 0. The minimum Gasteiger partial charge on any atom is -0.311 e. The number of rotatable bonds is 6. The first kappa shape index (κ1) is 14.9. The van der Waals surface area contributed by atoms with Crippen LogP contribution in [0.3, 0.4) is 0 Å². The highest BCUT2D eigenvalue weighted by molar-refractivity contribution is 5.34. The Morgan fingerprint density at radius 3 is 2.80 bits per heavy atom. The van der Waals surface area contributed by atoms with E-state index in [1.807, 2.05) is 6.07 Å². The minimum absolute atomic E-state index is 0.161. The molecule has 1 heterocycles. The number of nitro groups is 1. The molecule has 2 rings (SSSR count). The molecule has 1 aliphatic heterocycles. The van der Waals surface area contributed by atoms with Crippen LogP contribution in [0, 0.1) is 10.1 Å². The van der Waals surface area contributed by atoms with Crippen LogP contribution in [-0.4, -0.2) is 35.5 Å². The van der Waals surface area contributed by atoms with Gasteiger partial charge in [-0.1, -0.05) is 18.6 Å². The summed E-state index contributed by atoms with van der Waals surface area (Å²) in [6.07, 6.45) is 3.95. The van der Waals surface area contributed by atoms with Crippen molar-refractivity contribution in [3.05, 3.63) is 39.9 Å². The van der Waals surface area contributed by atoms with Gasteiger partial charge in [0.1, 0.15) is 0 Å². The normalized spacial score (nSPS) is 17.9. The van der Waals surface area contributed by atoms with Gasteiger partial charge in [-0.3, -0.25) is 15.0 Å². The molecule has 20 heavy (non-hydrogen) atoms. The second-order valence-corrected chi connectivity index (χ2v) is 5.50. The molecule has 5 heteroatoms. The molecule has 0 saturated carbocycles. The van der Waals surface area contributed by atoms with Crippen LogP contribution in [0.5, 0.6) is 0 Å². The molecule has 0 spiro atoms. The van der Waals surface area contributed by atoms with E-state index in [1.54, 1.807) is 12.1 Å².